The summed E-state index contributed by atoms with van der Waals surface area (Å²) in [6.45, 7) is 1.73. The molecule has 0 heterocycles. The number of carbonyl (C=O) groups is 2. The van der Waals surface area contributed by atoms with Crippen LogP contribution in [0.4, 0.5) is 13.2 Å². The summed E-state index contributed by atoms with van der Waals surface area (Å²) >= 11 is 0. The van der Waals surface area contributed by atoms with Gasteiger partial charge in [-0.2, -0.15) is 13.2 Å². The predicted octanol–water partition coefficient (Wildman–Crippen LogP) is 6.64. The highest BCUT2D eigenvalue weighted by molar-refractivity contribution is 5.94. The lowest BCUT2D eigenvalue weighted by Crippen LogP contribution is -2.36. The Morgan fingerprint density at radius 1 is 0.872 bits per heavy atom. The average molecular weight is 544 g/mol. The van der Waals surface area contributed by atoms with Gasteiger partial charge in [0.15, 0.2) is 6.10 Å². The van der Waals surface area contributed by atoms with Crippen LogP contribution in [0.1, 0.15) is 66.6 Å². The van der Waals surface area contributed by atoms with Gasteiger partial charge in [0.05, 0.1) is 12.1 Å². The molecule has 208 valence electrons. The molecule has 3 aromatic carbocycles. The summed E-state index contributed by atoms with van der Waals surface area (Å²) in [5.41, 5.74) is 1.91. The number of benzene rings is 3. The van der Waals surface area contributed by atoms with Crippen molar-refractivity contribution >= 4 is 11.9 Å². The van der Waals surface area contributed by atoms with E-state index >= 15 is 0 Å². The van der Waals surface area contributed by atoms with Gasteiger partial charge in [0, 0.05) is 5.56 Å². The maximum atomic E-state index is 12.9. The number of aliphatic hydroxyl groups is 1. The van der Waals surface area contributed by atoms with Crippen molar-refractivity contribution in [2.75, 3.05) is 6.54 Å². The molecule has 2 atom stereocenters. The number of nitrogens with one attached hydrogen (secondary N) is 1. The zero-order chi connectivity index (χ0) is 28.4. The van der Waals surface area contributed by atoms with Crippen LogP contribution in [0.5, 0.6) is 5.75 Å². The summed E-state index contributed by atoms with van der Waals surface area (Å²) in [5, 5.41) is 20.5. The van der Waals surface area contributed by atoms with Crippen molar-refractivity contribution in [1.29, 1.82) is 0 Å². The molecule has 0 bridgehead atoms. The standard InChI is InChI=1S/C30H32F3NO5/c1-2-3-4-5-6-27(22-7-9-23(10-8-22)28(36)34-19-26(35)29(37)38)39-25-17-13-21(14-18-25)20-11-15-24(16-12-20)30(31,32)33/h7-18,26-27,35H,2-6,19H2,1H3,(H,34,36)(H,37,38)/t26-,27?/m1/s1. The zero-order valence-electron chi connectivity index (χ0n) is 21.6. The molecule has 0 aliphatic rings. The van der Waals surface area contributed by atoms with E-state index in [0.29, 0.717) is 16.9 Å². The molecule has 39 heavy (non-hydrogen) atoms. The number of hydrogen-bond donors (Lipinski definition) is 3. The molecule has 1 unspecified atom stereocenters. The molecule has 0 aromatic heterocycles. The lowest BCUT2D eigenvalue weighted by Gasteiger charge is -2.20. The quantitative estimate of drug-likeness (QED) is 0.210. The van der Waals surface area contributed by atoms with E-state index in [1.807, 2.05) is 0 Å². The number of amides is 1. The number of hydrogen-bond acceptors (Lipinski definition) is 4. The molecule has 0 fully saturated rings. The summed E-state index contributed by atoms with van der Waals surface area (Å²) in [4.78, 5) is 23.0. The number of carboxylic acids is 1. The Kier molecular flexibility index (Phi) is 10.5. The number of unbranched alkanes of at least 4 members (excludes halogenated alkanes) is 3. The first-order valence-corrected chi connectivity index (χ1v) is 12.8. The molecule has 3 N–H and O–H groups in total. The lowest BCUT2D eigenvalue weighted by molar-refractivity contribution is -0.146. The first-order chi connectivity index (χ1) is 18.6. The Hall–Kier alpha value is -3.85. The number of aliphatic carboxylic acids is 1. The monoisotopic (exact) mass is 543 g/mol. The molecule has 0 saturated carbocycles. The minimum absolute atomic E-state index is 0.287. The summed E-state index contributed by atoms with van der Waals surface area (Å²) in [5.74, 6) is -1.31. The van der Waals surface area contributed by atoms with Crippen molar-refractivity contribution in [3.05, 3.63) is 89.5 Å². The number of carbonyl (C=O) groups excluding carboxylic acids is 1. The summed E-state index contributed by atoms with van der Waals surface area (Å²) in [7, 11) is 0. The summed E-state index contributed by atoms with van der Waals surface area (Å²) < 4.78 is 44.9. The Morgan fingerprint density at radius 3 is 2.00 bits per heavy atom. The second-order valence-corrected chi connectivity index (χ2v) is 9.24. The van der Waals surface area contributed by atoms with E-state index in [-0.39, 0.29) is 6.10 Å². The number of ether oxygens (including phenoxy) is 1. The Morgan fingerprint density at radius 2 is 1.46 bits per heavy atom. The van der Waals surface area contributed by atoms with Gasteiger partial charge in [0.1, 0.15) is 11.9 Å². The van der Waals surface area contributed by atoms with Gasteiger partial charge in [0.2, 0.25) is 0 Å². The molecule has 6 nitrogen and oxygen atoms in total. The maximum Gasteiger partial charge on any atom is 0.416 e. The highest BCUT2D eigenvalue weighted by Crippen LogP contribution is 2.32. The minimum Gasteiger partial charge on any atom is -0.486 e. The molecule has 0 spiro atoms. The molecule has 0 aliphatic carbocycles. The van der Waals surface area contributed by atoms with Gasteiger partial charge in [-0.15, -0.1) is 0 Å². The van der Waals surface area contributed by atoms with Crippen LogP contribution in [0.3, 0.4) is 0 Å². The van der Waals surface area contributed by atoms with Gasteiger partial charge >= 0.3 is 12.1 Å². The van der Waals surface area contributed by atoms with E-state index < -0.39 is 36.3 Å². The Labute approximate surface area is 225 Å². The van der Waals surface area contributed by atoms with Crippen LogP contribution >= 0.6 is 0 Å². The molecule has 0 radical (unpaired) electrons. The van der Waals surface area contributed by atoms with Gasteiger partial charge in [-0.25, -0.2) is 4.79 Å². The zero-order valence-corrected chi connectivity index (χ0v) is 21.6. The van der Waals surface area contributed by atoms with Crippen molar-refractivity contribution in [2.45, 2.75) is 57.4 Å². The topological polar surface area (TPSA) is 95.9 Å². The number of rotatable bonds is 13. The number of aliphatic hydroxyl groups excluding tert-OH is 1. The van der Waals surface area contributed by atoms with Gasteiger partial charge in [-0.3, -0.25) is 4.79 Å². The highest BCUT2D eigenvalue weighted by Gasteiger charge is 2.30. The molecular formula is C30H32F3NO5. The first-order valence-electron chi connectivity index (χ1n) is 12.8. The molecule has 0 saturated heterocycles. The fourth-order valence-corrected chi connectivity index (χ4v) is 4.02. The second kappa shape index (κ2) is 13.8. The molecule has 3 rings (SSSR count). The van der Waals surface area contributed by atoms with Crippen molar-refractivity contribution in [3.8, 4) is 16.9 Å². The maximum absolute atomic E-state index is 12.9. The van der Waals surface area contributed by atoms with Crippen molar-refractivity contribution < 1.29 is 37.7 Å². The largest absolute Gasteiger partial charge is 0.486 e. The first kappa shape index (κ1) is 29.7. The molecule has 1 amide bonds. The van der Waals surface area contributed by atoms with E-state index in [9.17, 15) is 27.9 Å². The third-order valence-electron chi connectivity index (χ3n) is 6.28. The van der Waals surface area contributed by atoms with Crippen LogP contribution in [0.25, 0.3) is 11.1 Å². The second-order valence-electron chi connectivity index (χ2n) is 9.24. The van der Waals surface area contributed by atoms with Crippen LogP contribution in [0, 0.1) is 0 Å². The molecule has 3 aromatic rings. The number of alkyl halides is 3. The van der Waals surface area contributed by atoms with Crippen LogP contribution in [0.2, 0.25) is 0 Å². The van der Waals surface area contributed by atoms with E-state index in [2.05, 4.69) is 12.2 Å². The predicted molar refractivity (Wildman–Crippen MR) is 141 cm³/mol. The average Bonchev–Trinajstić information content (AvgIpc) is 2.93. The van der Waals surface area contributed by atoms with Crippen LogP contribution in [-0.4, -0.2) is 34.7 Å². The van der Waals surface area contributed by atoms with Crippen LogP contribution in [-0.2, 0) is 11.0 Å². The fraction of sp³-hybridized carbons (Fsp3) is 0.333. The SMILES string of the molecule is CCCCCCC(Oc1ccc(-c2ccc(C(F)(F)F)cc2)cc1)c1ccc(C(=O)NC[C@@H](O)C(=O)O)cc1. The lowest BCUT2D eigenvalue weighted by atomic mass is 10.0. The third kappa shape index (κ3) is 8.85. The van der Waals surface area contributed by atoms with Crippen LogP contribution < -0.4 is 10.1 Å². The fourth-order valence-electron chi connectivity index (χ4n) is 4.02. The van der Waals surface area contributed by atoms with Gasteiger partial charge in [-0.1, -0.05) is 62.6 Å². The Bertz CT molecular complexity index is 1210. The van der Waals surface area contributed by atoms with E-state index in [4.69, 9.17) is 9.84 Å². The van der Waals surface area contributed by atoms with Gasteiger partial charge < -0.3 is 20.3 Å². The minimum atomic E-state index is -4.38. The molecule has 0 aliphatic heterocycles. The normalized spacial score (nSPS) is 12.9. The molecular weight excluding hydrogens is 511 g/mol. The number of halogens is 3. The van der Waals surface area contributed by atoms with E-state index in [0.717, 1.165) is 55.4 Å². The van der Waals surface area contributed by atoms with Crippen LogP contribution in [0.15, 0.2) is 72.8 Å². The van der Waals surface area contributed by atoms with Gasteiger partial charge in [-0.05, 0) is 65.9 Å². The Balaban J connectivity index is 1.70. The van der Waals surface area contributed by atoms with E-state index in [1.54, 1.807) is 48.5 Å². The van der Waals surface area contributed by atoms with E-state index in [1.165, 1.54) is 12.1 Å². The molecule has 9 heteroatoms. The van der Waals surface area contributed by atoms with Crippen molar-refractivity contribution in [1.82, 2.24) is 5.32 Å². The van der Waals surface area contributed by atoms with Crippen molar-refractivity contribution in [3.63, 3.8) is 0 Å². The van der Waals surface area contributed by atoms with Crippen molar-refractivity contribution in [2.24, 2.45) is 0 Å². The highest BCUT2D eigenvalue weighted by atomic mass is 19.4. The third-order valence-corrected chi connectivity index (χ3v) is 6.28. The van der Waals surface area contributed by atoms with Gasteiger partial charge in [0.25, 0.3) is 5.91 Å². The smallest absolute Gasteiger partial charge is 0.416 e. The number of carboxylic acid groups (broad SMARTS) is 1. The summed E-state index contributed by atoms with van der Waals surface area (Å²) in [6.07, 6.45) is -1.41. The summed E-state index contributed by atoms with van der Waals surface area (Å²) in [6, 6.07) is 19.0.